The molecule has 0 bridgehead atoms. The topological polar surface area (TPSA) is 76.4 Å². The van der Waals surface area contributed by atoms with Crippen LogP contribution in [0.15, 0.2) is 54.6 Å². The number of carbonyl (C=O) groups excluding carboxylic acids is 1. The average molecular weight is 311 g/mol. The predicted molar refractivity (Wildman–Crippen MR) is 90.6 cm³/mol. The Bertz CT molecular complexity index is 643. The van der Waals surface area contributed by atoms with Crippen molar-refractivity contribution in [2.75, 3.05) is 11.9 Å². The van der Waals surface area contributed by atoms with E-state index in [-0.39, 0.29) is 18.0 Å². The molecule has 2 aromatic rings. The Labute approximate surface area is 135 Å². The van der Waals surface area contributed by atoms with Crippen molar-refractivity contribution >= 4 is 11.6 Å². The number of piperidine rings is 1. The molecule has 4 N–H and O–H groups in total. The van der Waals surface area contributed by atoms with E-state index in [9.17, 15) is 4.79 Å². The van der Waals surface area contributed by atoms with Gasteiger partial charge in [0, 0.05) is 11.7 Å². The first kappa shape index (κ1) is 15.5. The van der Waals surface area contributed by atoms with Gasteiger partial charge in [-0.25, -0.2) is 0 Å². The van der Waals surface area contributed by atoms with Crippen LogP contribution in [0.25, 0.3) is 0 Å². The molecule has 120 valence electrons. The fraction of sp³-hybridized carbons (Fsp3) is 0.278. The maximum absolute atomic E-state index is 12.2. The van der Waals surface area contributed by atoms with Gasteiger partial charge in [-0.1, -0.05) is 18.2 Å². The van der Waals surface area contributed by atoms with E-state index in [1.54, 1.807) is 0 Å². The van der Waals surface area contributed by atoms with Gasteiger partial charge in [0.25, 0.3) is 0 Å². The van der Waals surface area contributed by atoms with Crippen LogP contribution in [0.4, 0.5) is 5.69 Å². The molecular formula is C18H21N3O2. The molecule has 0 spiro atoms. The van der Waals surface area contributed by atoms with Crippen molar-refractivity contribution in [3.63, 3.8) is 0 Å². The van der Waals surface area contributed by atoms with E-state index in [1.165, 1.54) is 0 Å². The molecule has 2 atom stereocenters. The van der Waals surface area contributed by atoms with E-state index in [1.807, 2.05) is 54.6 Å². The summed E-state index contributed by atoms with van der Waals surface area (Å²) in [6.45, 7) is 0.781. The van der Waals surface area contributed by atoms with Crippen LogP contribution in [0.5, 0.6) is 11.5 Å². The SMILES string of the molecule is N[C@H]1CCN[C@H](C(=O)Nc2ccc(Oc3ccccc3)cc2)C1. The maximum Gasteiger partial charge on any atom is 0.241 e. The highest BCUT2D eigenvalue weighted by Gasteiger charge is 2.24. The Balaban J connectivity index is 1.58. The summed E-state index contributed by atoms with van der Waals surface area (Å²) >= 11 is 0. The van der Waals surface area contributed by atoms with Crippen molar-refractivity contribution in [2.45, 2.75) is 24.9 Å². The fourth-order valence-electron chi connectivity index (χ4n) is 2.61. The normalized spacial score (nSPS) is 20.7. The lowest BCUT2D eigenvalue weighted by molar-refractivity contribution is -0.118. The number of carbonyl (C=O) groups is 1. The van der Waals surface area contributed by atoms with Crippen LogP contribution in [-0.2, 0) is 4.79 Å². The van der Waals surface area contributed by atoms with E-state index in [4.69, 9.17) is 10.5 Å². The molecule has 5 heteroatoms. The second-order valence-electron chi connectivity index (χ2n) is 5.72. The third-order valence-corrected chi connectivity index (χ3v) is 3.86. The summed E-state index contributed by atoms with van der Waals surface area (Å²) in [6.07, 6.45) is 1.58. The van der Waals surface area contributed by atoms with Gasteiger partial charge in [-0.2, -0.15) is 0 Å². The van der Waals surface area contributed by atoms with Crippen LogP contribution in [0, 0.1) is 0 Å². The van der Waals surface area contributed by atoms with Crippen LogP contribution in [-0.4, -0.2) is 24.5 Å². The van der Waals surface area contributed by atoms with E-state index >= 15 is 0 Å². The van der Waals surface area contributed by atoms with E-state index in [2.05, 4.69) is 10.6 Å². The zero-order valence-electron chi connectivity index (χ0n) is 12.9. The molecule has 1 fully saturated rings. The number of benzene rings is 2. The summed E-state index contributed by atoms with van der Waals surface area (Å²) in [5.74, 6) is 1.47. The molecule has 5 nitrogen and oxygen atoms in total. The minimum absolute atomic E-state index is 0.0446. The van der Waals surface area contributed by atoms with E-state index in [0.29, 0.717) is 6.42 Å². The van der Waals surface area contributed by atoms with Gasteiger partial charge < -0.3 is 21.1 Å². The third-order valence-electron chi connectivity index (χ3n) is 3.86. The number of hydrogen-bond donors (Lipinski definition) is 3. The number of nitrogens with one attached hydrogen (secondary N) is 2. The van der Waals surface area contributed by atoms with Crippen LogP contribution in [0.2, 0.25) is 0 Å². The van der Waals surface area contributed by atoms with Crippen molar-refractivity contribution in [2.24, 2.45) is 5.73 Å². The standard InChI is InChI=1S/C18H21N3O2/c19-13-10-11-20-17(12-13)18(22)21-14-6-8-16(9-7-14)23-15-4-2-1-3-5-15/h1-9,13,17,20H,10-12,19H2,(H,21,22)/t13-,17-/m0/s1. The molecule has 0 saturated carbocycles. The first-order valence-electron chi connectivity index (χ1n) is 7.83. The van der Waals surface area contributed by atoms with Gasteiger partial charge in [-0.3, -0.25) is 4.79 Å². The smallest absolute Gasteiger partial charge is 0.241 e. The number of anilines is 1. The van der Waals surface area contributed by atoms with Gasteiger partial charge in [0.2, 0.25) is 5.91 Å². The molecule has 0 unspecified atom stereocenters. The highest BCUT2D eigenvalue weighted by atomic mass is 16.5. The summed E-state index contributed by atoms with van der Waals surface area (Å²) in [7, 11) is 0. The molecule has 1 heterocycles. The molecule has 1 aliphatic heterocycles. The molecule has 2 aromatic carbocycles. The molecule has 1 amide bonds. The second-order valence-corrected chi connectivity index (χ2v) is 5.72. The Kier molecular flexibility index (Phi) is 4.90. The summed E-state index contributed by atoms with van der Waals surface area (Å²) in [5.41, 5.74) is 6.66. The van der Waals surface area contributed by atoms with Gasteiger partial charge >= 0.3 is 0 Å². The average Bonchev–Trinajstić information content (AvgIpc) is 2.57. The Morgan fingerprint density at radius 3 is 2.48 bits per heavy atom. The number of rotatable bonds is 4. The van der Waals surface area contributed by atoms with Crippen LogP contribution >= 0.6 is 0 Å². The Morgan fingerprint density at radius 2 is 1.78 bits per heavy atom. The van der Waals surface area contributed by atoms with Gasteiger partial charge in [0.1, 0.15) is 11.5 Å². The molecule has 1 saturated heterocycles. The van der Waals surface area contributed by atoms with Crippen molar-refractivity contribution in [1.82, 2.24) is 5.32 Å². The number of hydrogen-bond acceptors (Lipinski definition) is 4. The lowest BCUT2D eigenvalue weighted by atomic mass is 10.00. The van der Waals surface area contributed by atoms with Crippen LogP contribution in [0.3, 0.4) is 0 Å². The lowest BCUT2D eigenvalue weighted by Gasteiger charge is -2.27. The number of amides is 1. The summed E-state index contributed by atoms with van der Waals surface area (Å²) < 4.78 is 5.73. The van der Waals surface area contributed by atoms with Crippen LogP contribution < -0.4 is 21.1 Å². The highest BCUT2D eigenvalue weighted by molar-refractivity contribution is 5.95. The quantitative estimate of drug-likeness (QED) is 0.811. The first-order chi connectivity index (χ1) is 11.2. The van der Waals surface area contributed by atoms with Gasteiger partial charge in [-0.15, -0.1) is 0 Å². The first-order valence-corrected chi connectivity index (χ1v) is 7.83. The predicted octanol–water partition coefficient (Wildman–Crippen LogP) is 2.50. The summed E-state index contributed by atoms with van der Waals surface area (Å²) in [4.78, 5) is 12.2. The van der Waals surface area contributed by atoms with E-state index in [0.717, 1.165) is 30.2 Å². The molecule has 0 aliphatic carbocycles. The van der Waals surface area contributed by atoms with Gasteiger partial charge in [-0.05, 0) is 55.8 Å². The van der Waals surface area contributed by atoms with Crippen molar-refractivity contribution < 1.29 is 9.53 Å². The van der Waals surface area contributed by atoms with E-state index < -0.39 is 0 Å². The van der Waals surface area contributed by atoms with Gasteiger partial charge in [0.15, 0.2) is 0 Å². The minimum Gasteiger partial charge on any atom is -0.457 e. The Hall–Kier alpha value is -2.37. The monoisotopic (exact) mass is 311 g/mol. The van der Waals surface area contributed by atoms with Crippen molar-refractivity contribution in [3.8, 4) is 11.5 Å². The molecule has 0 radical (unpaired) electrons. The maximum atomic E-state index is 12.2. The van der Waals surface area contributed by atoms with Crippen molar-refractivity contribution in [1.29, 1.82) is 0 Å². The van der Waals surface area contributed by atoms with Crippen molar-refractivity contribution in [3.05, 3.63) is 54.6 Å². The summed E-state index contributed by atoms with van der Waals surface area (Å²) in [6, 6.07) is 16.8. The zero-order valence-corrected chi connectivity index (χ0v) is 12.9. The number of nitrogens with two attached hydrogens (primary N) is 1. The lowest BCUT2D eigenvalue weighted by Crippen LogP contribution is -2.49. The molecule has 0 aromatic heterocycles. The number of ether oxygens (including phenoxy) is 1. The van der Waals surface area contributed by atoms with Crippen LogP contribution in [0.1, 0.15) is 12.8 Å². The van der Waals surface area contributed by atoms with Gasteiger partial charge in [0.05, 0.1) is 6.04 Å². The highest BCUT2D eigenvalue weighted by Crippen LogP contribution is 2.22. The fourth-order valence-corrected chi connectivity index (χ4v) is 2.61. The Morgan fingerprint density at radius 1 is 1.09 bits per heavy atom. The molecular weight excluding hydrogens is 290 g/mol. The molecule has 1 aliphatic rings. The molecule has 23 heavy (non-hydrogen) atoms. The summed E-state index contributed by atoms with van der Waals surface area (Å²) in [5, 5.41) is 6.11. The zero-order chi connectivity index (χ0) is 16.1. The molecule has 3 rings (SSSR count). The largest absolute Gasteiger partial charge is 0.457 e. The second kappa shape index (κ2) is 7.26. The third kappa shape index (κ3) is 4.31. The number of para-hydroxylation sites is 1. The minimum atomic E-state index is -0.223.